The topological polar surface area (TPSA) is 12.9 Å². The average molecular weight is 198 g/mol. The molecule has 1 nitrogen and oxygen atoms in total. The number of aromatic nitrogens is 1. The third-order valence-electron chi connectivity index (χ3n) is 1.90. The molecule has 1 heterocycles. The highest BCUT2D eigenvalue weighted by atomic mass is 35.5. The second-order valence-corrected chi connectivity index (χ2v) is 3.82. The summed E-state index contributed by atoms with van der Waals surface area (Å²) in [6.45, 7) is 2.14. The summed E-state index contributed by atoms with van der Waals surface area (Å²) in [5, 5.41) is 1.69. The van der Waals surface area contributed by atoms with E-state index in [1.54, 1.807) is 0 Å². The van der Waals surface area contributed by atoms with Crippen molar-refractivity contribution in [3.8, 4) is 0 Å². The van der Waals surface area contributed by atoms with Gasteiger partial charge in [0.05, 0.1) is 4.70 Å². The Labute approximate surface area is 80.1 Å². The molecule has 0 N–H and O–H groups in total. The van der Waals surface area contributed by atoms with Gasteiger partial charge in [-0.2, -0.15) is 4.37 Å². The van der Waals surface area contributed by atoms with Gasteiger partial charge in [-0.05, 0) is 29.6 Å². The Bertz CT molecular complexity index is 408. The van der Waals surface area contributed by atoms with E-state index in [1.165, 1.54) is 21.8 Å². The highest BCUT2D eigenvalue weighted by molar-refractivity contribution is 7.13. The molecule has 0 saturated heterocycles. The summed E-state index contributed by atoms with van der Waals surface area (Å²) in [6.07, 6.45) is 1.06. The standard InChI is InChI=1S/C9H8ClNS/c1-2-6-3-4-7-8(5-6)12-11-9(7)10/h3-5H,2H2,1H3. The molecular weight excluding hydrogens is 190 g/mol. The minimum absolute atomic E-state index is 0.623. The Kier molecular flexibility index (Phi) is 2.03. The van der Waals surface area contributed by atoms with Crippen LogP contribution >= 0.6 is 23.1 Å². The number of nitrogens with zero attached hydrogens (tertiary/aromatic N) is 1. The highest BCUT2D eigenvalue weighted by Gasteiger charge is 2.02. The van der Waals surface area contributed by atoms with Gasteiger partial charge in [-0.1, -0.05) is 30.7 Å². The van der Waals surface area contributed by atoms with Crippen molar-refractivity contribution in [2.75, 3.05) is 0 Å². The van der Waals surface area contributed by atoms with Crippen LogP contribution in [0.25, 0.3) is 10.1 Å². The Morgan fingerprint density at radius 3 is 3.08 bits per heavy atom. The molecule has 0 spiro atoms. The quantitative estimate of drug-likeness (QED) is 0.682. The molecule has 0 saturated carbocycles. The third kappa shape index (κ3) is 1.21. The van der Waals surface area contributed by atoms with Crippen LogP contribution in [0.3, 0.4) is 0 Å². The first-order valence-electron chi connectivity index (χ1n) is 3.85. The molecule has 0 aliphatic rings. The summed E-state index contributed by atoms with van der Waals surface area (Å²) in [6, 6.07) is 6.29. The molecular formula is C9H8ClNS. The van der Waals surface area contributed by atoms with Gasteiger partial charge in [0.1, 0.15) is 0 Å². The lowest BCUT2D eigenvalue weighted by molar-refractivity contribution is 1.15. The fourth-order valence-electron chi connectivity index (χ4n) is 1.17. The molecule has 0 unspecified atom stereocenters. The van der Waals surface area contributed by atoms with Crippen LogP contribution in [-0.4, -0.2) is 4.37 Å². The van der Waals surface area contributed by atoms with E-state index in [0.717, 1.165) is 11.8 Å². The van der Waals surface area contributed by atoms with E-state index in [2.05, 4.69) is 23.4 Å². The van der Waals surface area contributed by atoms with Crippen LogP contribution in [0.1, 0.15) is 12.5 Å². The highest BCUT2D eigenvalue weighted by Crippen LogP contribution is 2.27. The molecule has 0 fully saturated rings. The number of rotatable bonds is 1. The van der Waals surface area contributed by atoms with Crippen molar-refractivity contribution in [3.05, 3.63) is 28.9 Å². The second-order valence-electron chi connectivity index (χ2n) is 2.66. The van der Waals surface area contributed by atoms with Crippen LogP contribution in [0.4, 0.5) is 0 Å². The monoisotopic (exact) mass is 197 g/mol. The molecule has 0 atom stereocenters. The van der Waals surface area contributed by atoms with Crippen molar-refractivity contribution in [2.24, 2.45) is 0 Å². The van der Waals surface area contributed by atoms with Gasteiger partial charge < -0.3 is 0 Å². The normalized spacial score (nSPS) is 10.8. The van der Waals surface area contributed by atoms with Crippen molar-refractivity contribution >= 4 is 33.2 Å². The lowest BCUT2D eigenvalue weighted by Crippen LogP contribution is -1.76. The Morgan fingerprint density at radius 1 is 1.50 bits per heavy atom. The molecule has 0 aliphatic carbocycles. The number of benzene rings is 1. The molecule has 12 heavy (non-hydrogen) atoms. The first-order chi connectivity index (χ1) is 5.81. The average Bonchev–Trinajstić information content (AvgIpc) is 2.47. The van der Waals surface area contributed by atoms with Crippen molar-refractivity contribution in [1.82, 2.24) is 4.37 Å². The molecule has 0 aliphatic heterocycles. The largest absolute Gasteiger partial charge is 0.180 e. The lowest BCUT2D eigenvalue weighted by atomic mass is 10.1. The van der Waals surface area contributed by atoms with Crippen LogP contribution in [0.15, 0.2) is 18.2 Å². The van der Waals surface area contributed by atoms with Gasteiger partial charge >= 0.3 is 0 Å². The van der Waals surface area contributed by atoms with Crippen molar-refractivity contribution < 1.29 is 0 Å². The number of aryl methyl sites for hydroxylation is 1. The maximum atomic E-state index is 5.87. The second kappa shape index (κ2) is 3.04. The number of fused-ring (bicyclic) bond motifs is 1. The van der Waals surface area contributed by atoms with Crippen LogP contribution < -0.4 is 0 Å². The molecule has 62 valence electrons. The summed E-state index contributed by atoms with van der Waals surface area (Å²) < 4.78 is 5.26. The zero-order chi connectivity index (χ0) is 8.55. The van der Waals surface area contributed by atoms with E-state index in [1.807, 2.05) is 6.07 Å². The van der Waals surface area contributed by atoms with Crippen LogP contribution in [0.2, 0.25) is 5.15 Å². The molecule has 2 aromatic rings. The zero-order valence-corrected chi connectivity index (χ0v) is 8.25. The van der Waals surface area contributed by atoms with Crippen LogP contribution in [0.5, 0.6) is 0 Å². The maximum Gasteiger partial charge on any atom is 0.150 e. The SMILES string of the molecule is CCc1ccc2c(Cl)nsc2c1. The fourth-order valence-corrected chi connectivity index (χ4v) is 2.24. The molecule has 0 amide bonds. The lowest BCUT2D eigenvalue weighted by Gasteiger charge is -1.94. The van der Waals surface area contributed by atoms with Crippen LogP contribution in [0, 0.1) is 0 Å². The predicted octanol–water partition coefficient (Wildman–Crippen LogP) is 3.51. The number of hydrogen-bond acceptors (Lipinski definition) is 2. The van der Waals surface area contributed by atoms with E-state index >= 15 is 0 Å². The minimum Gasteiger partial charge on any atom is -0.180 e. The van der Waals surface area contributed by atoms with E-state index in [4.69, 9.17) is 11.6 Å². The van der Waals surface area contributed by atoms with Gasteiger partial charge in [-0.15, -0.1) is 0 Å². The summed E-state index contributed by atoms with van der Waals surface area (Å²) in [5.41, 5.74) is 1.34. The minimum atomic E-state index is 0.623. The van der Waals surface area contributed by atoms with Crippen molar-refractivity contribution in [2.45, 2.75) is 13.3 Å². The van der Waals surface area contributed by atoms with E-state index in [0.29, 0.717) is 5.15 Å². The summed E-state index contributed by atoms with van der Waals surface area (Å²) in [5.74, 6) is 0. The van der Waals surface area contributed by atoms with Gasteiger partial charge in [-0.3, -0.25) is 0 Å². The van der Waals surface area contributed by atoms with E-state index in [-0.39, 0.29) is 0 Å². The Morgan fingerprint density at radius 2 is 2.33 bits per heavy atom. The number of hydrogen-bond donors (Lipinski definition) is 0. The third-order valence-corrected chi connectivity index (χ3v) is 3.10. The molecule has 3 heteroatoms. The van der Waals surface area contributed by atoms with E-state index < -0.39 is 0 Å². The van der Waals surface area contributed by atoms with Crippen molar-refractivity contribution in [3.63, 3.8) is 0 Å². The summed E-state index contributed by atoms with van der Waals surface area (Å²) >= 11 is 7.33. The maximum absolute atomic E-state index is 5.87. The van der Waals surface area contributed by atoms with E-state index in [9.17, 15) is 0 Å². The Balaban J connectivity index is 2.69. The first kappa shape index (κ1) is 8.02. The molecule has 1 aromatic carbocycles. The molecule has 0 radical (unpaired) electrons. The smallest absolute Gasteiger partial charge is 0.150 e. The molecule has 1 aromatic heterocycles. The summed E-state index contributed by atoms with van der Waals surface area (Å²) in [7, 11) is 0. The van der Waals surface area contributed by atoms with Gasteiger partial charge in [0, 0.05) is 5.39 Å². The van der Waals surface area contributed by atoms with Gasteiger partial charge in [0.2, 0.25) is 0 Å². The first-order valence-corrected chi connectivity index (χ1v) is 5.00. The number of halogens is 1. The predicted molar refractivity (Wildman–Crippen MR) is 54.0 cm³/mol. The summed E-state index contributed by atoms with van der Waals surface area (Å²) in [4.78, 5) is 0. The Hall–Kier alpha value is -0.600. The fraction of sp³-hybridized carbons (Fsp3) is 0.222. The molecule has 0 bridgehead atoms. The van der Waals surface area contributed by atoms with Crippen molar-refractivity contribution in [1.29, 1.82) is 0 Å². The molecule has 2 rings (SSSR count). The van der Waals surface area contributed by atoms with Crippen LogP contribution in [-0.2, 0) is 6.42 Å². The van der Waals surface area contributed by atoms with Gasteiger partial charge in [-0.25, -0.2) is 0 Å². The zero-order valence-electron chi connectivity index (χ0n) is 6.67. The van der Waals surface area contributed by atoms with Gasteiger partial charge in [0.25, 0.3) is 0 Å². The van der Waals surface area contributed by atoms with Gasteiger partial charge in [0.15, 0.2) is 5.15 Å².